The predicted octanol–water partition coefficient (Wildman–Crippen LogP) is 5.45. The van der Waals surface area contributed by atoms with Gasteiger partial charge in [0.1, 0.15) is 12.4 Å². The molecule has 0 aliphatic carbocycles. The van der Waals surface area contributed by atoms with Crippen LogP contribution in [0.5, 0.6) is 5.75 Å². The third-order valence-electron chi connectivity index (χ3n) is 7.13. The number of pyridine rings is 1. The minimum absolute atomic E-state index is 0.0884. The molecule has 1 saturated heterocycles. The molecular weight excluding hydrogens is 422 g/mol. The first-order valence-corrected chi connectivity index (χ1v) is 12.4. The zero-order valence-corrected chi connectivity index (χ0v) is 20.3. The van der Waals surface area contributed by atoms with Crippen molar-refractivity contribution in [2.75, 3.05) is 6.54 Å². The average molecular weight is 456 g/mol. The van der Waals surface area contributed by atoms with E-state index in [9.17, 15) is 4.79 Å². The van der Waals surface area contributed by atoms with Crippen molar-refractivity contribution in [3.05, 3.63) is 94.0 Å². The fourth-order valence-corrected chi connectivity index (χ4v) is 5.41. The molecule has 1 fully saturated rings. The van der Waals surface area contributed by atoms with E-state index in [1.165, 1.54) is 41.5 Å². The smallest absolute Gasteiger partial charge is 0.258 e. The van der Waals surface area contributed by atoms with Crippen LogP contribution in [0.25, 0.3) is 16.6 Å². The summed E-state index contributed by atoms with van der Waals surface area (Å²) in [6.45, 7) is 6.71. The first-order chi connectivity index (χ1) is 16.7. The van der Waals surface area contributed by atoms with Crippen LogP contribution in [0, 0.1) is 0 Å². The molecule has 2 aromatic heterocycles. The van der Waals surface area contributed by atoms with Crippen molar-refractivity contribution in [3.8, 4) is 11.4 Å². The summed E-state index contributed by atoms with van der Waals surface area (Å²) < 4.78 is 9.86. The highest BCUT2D eigenvalue weighted by Gasteiger charge is 2.32. The molecule has 1 unspecified atom stereocenters. The van der Waals surface area contributed by atoms with Gasteiger partial charge in [-0.3, -0.25) is 14.3 Å². The number of rotatable bonds is 4. The second kappa shape index (κ2) is 9.51. The topological polar surface area (TPSA) is 39.4 Å². The molecular formula is C29H33N3O2. The Bertz CT molecular complexity index is 1350. The number of nitrogens with zero attached hydrogens (tertiary/aromatic N) is 3. The first-order valence-electron chi connectivity index (χ1n) is 12.4. The van der Waals surface area contributed by atoms with Gasteiger partial charge in [-0.15, -0.1) is 0 Å². The van der Waals surface area contributed by atoms with Gasteiger partial charge in [-0.2, -0.15) is 0 Å². The Morgan fingerprint density at radius 1 is 1.03 bits per heavy atom. The molecule has 2 aromatic carbocycles. The molecule has 2 aliphatic rings. The van der Waals surface area contributed by atoms with Crippen molar-refractivity contribution >= 4 is 10.9 Å². The molecule has 0 N–H and O–H groups in total. The van der Waals surface area contributed by atoms with Gasteiger partial charge in [0.15, 0.2) is 0 Å². The van der Waals surface area contributed by atoms with Crippen LogP contribution in [-0.4, -0.2) is 26.6 Å². The van der Waals surface area contributed by atoms with Crippen LogP contribution in [0.2, 0.25) is 0 Å². The molecule has 4 aromatic rings. The van der Waals surface area contributed by atoms with E-state index in [0.717, 1.165) is 24.2 Å². The SMILES string of the molecule is CC.Cn1c2c(c3ccc(-n4ccc(OCc5ccccc5)cc4=O)cc31)CN1CCCC1C2. The molecule has 0 bridgehead atoms. The van der Waals surface area contributed by atoms with E-state index in [-0.39, 0.29) is 5.56 Å². The lowest BCUT2D eigenvalue weighted by molar-refractivity contribution is 0.225. The monoisotopic (exact) mass is 455 g/mol. The lowest BCUT2D eigenvalue weighted by Crippen LogP contribution is -2.35. The van der Waals surface area contributed by atoms with E-state index >= 15 is 0 Å². The Hall–Kier alpha value is -3.31. The fraction of sp³-hybridized carbons (Fsp3) is 0.345. The largest absolute Gasteiger partial charge is 0.489 e. The molecule has 2 aliphatic heterocycles. The molecule has 5 nitrogen and oxygen atoms in total. The summed E-state index contributed by atoms with van der Waals surface area (Å²) in [6.07, 6.45) is 5.56. The Morgan fingerprint density at radius 3 is 2.65 bits per heavy atom. The van der Waals surface area contributed by atoms with Gasteiger partial charge in [0.2, 0.25) is 0 Å². The number of benzene rings is 2. The quantitative estimate of drug-likeness (QED) is 0.411. The molecule has 4 heterocycles. The summed E-state index contributed by atoms with van der Waals surface area (Å²) in [5.41, 5.74) is 5.99. The number of ether oxygens (including phenoxy) is 1. The molecule has 1 atom stereocenters. The van der Waals surface area contributed by atoms with E-state index < -0.39 is 0 Å². The third kappa shape index (κ3) is 4.05. The van der Waals surface area contributed by atoms with Crippen LogP contribution < -0.4 is 10.3 Å². The molecule has 0 amide bonds. The van der Waals surface area contributed by atoms with Crippen LogP contribution in [0.4, 0.5) is 0 Å². The molecule has 0 spiro atoms. The highest BCUT2D eigenvalue weighted by Crippen LogP contribution is 2.36. The predicted molar refractivity (Wildman–Crippen MR) is 138 cm³/mol. The Labute approximate surface area is 201 Å². The highest BCUT2D eigenvalue weighted by molar-refractivity contribution is 5.87. The lowest BCUT2D eigenvalue weighted by atomic mass is 9.99. The Balaban J connectivity index is 0.00000117. The van der Waals surface area contributed by atoms with Crippen molar-refractivity contribution in [1.82, 2.24) is 14.0 Å². The molecule has 34 heavy (non-hydrogen) atoms. The number of hydrogen-bond donors (Lipinski definition) is 0. The van der Waals surface area contributed by atoms with Crippen LogP contribution in [0.3, 0.4) is 0 Å². The van der Waals surface area contributed by atoms with Gasteiger partial charge in [-0.25, -0.2) is 0 Å². The molecule has 0 radical (unpaired) electrons. The first kappa shape index (κ1) is 22.5. The number of hydrogen-bond acceptors (Lipinski definition) is 3. The second-order valence-electron chi connectivity index (χ2n) is 9.00. The van der Waals surface area contributed by atoms with E-state index in [0.29, 0.717) is 18.4 Å². The maximum Gasteiger partial charge on any atom is 0.258 e. The van der Waals surface area contributed by atoms with E-state index in [1.807, 2.05) is 56.4 Å². The average Bonchev–Trinajstić information content (AvgIpc) is 3.45. The minimum Gasteiger partial charge on any atom is -0.489 e. The fourth-order valence-electron chi connectivity index (χ4n) is 5.41. The van der Waals surface area contributed by atoms with Crippen LogP contribution in [-0.2, 0) is 26.6 Å². The number of aromatic nitrogens is 2. The third-order valence-corrected chi connectivity index (χ3v) is 7.13. The van der Waals surface area contributed by atoms with Gasteiger partial charge in [0.05, 0.1) is 11.2 Å². The van der Waals surface area contributed by atoms with Crippen LogP contribution >= 0.6 is 0 Å². The van der Waals surface area contributed by atoms with Gasteiger partial charge in [0.25, 0.3) is 5.56 Å². The van der Waals surface area contributed by atoms with Crippen molar-refractivity contribution in [1.29, 1.82) is 0 Å². The van der Waals surface area contributed by atoms with Crippen molar-refractivity contribution in [2.45, 2.75) is 52.3 Å². The maximum atomic E-state index is 12.9. The zero-order valence-electron chi connectivity index (χ0n) is 20.3. The van der Waals surface area contributed by atoms with Crippen LogP contribution in [0.15, 0.2) is 71.7 Å². The number of fused-ring (bicyclic) bond motifs is 4. The van der Waals surface area contributed by atoms with Gasteiger partial charge in [0, 0.05) is 49.4 Å². The van der Waals surface area contributed by atoms with E-state index in [1.54, 1.807) is 10.6 Å². The molecule has 0 saturated carbocycles. The Kier molecular flexibility index (Phi) is 6.29. The summed E-state index contributed by atoms with van der Waals surface area (Å²) in [5, 5.41) is 1.31. The summed E-state index contributed by atoms with van der Waals surface area (Å²) in [7, 11) is 2.17. The number of aryl methyl sites for hydroxylation is 1. The van der Waals surface area contributed by atoms with Crippen LogP contribution in [0.1, 0.15) is 43.5 Å². The molecule has 176 valence electrons. The van der Waals surface area contributed by atoms with Gasteiger partial charge < -0.3 is 9.30 Å². The lowest BCUT2D eigenvalue weighted by Gasteiger charge is -2.30. The van der Waals surface area contributed by atoms with Crippen molar-refractivity contribution in [2.24, 2.45) is 7.05 Å². The van der Waals surface area contributed by atoms with E-state index in [4.69, 9.17) is 4.74 Å². The molecule has 5 heteroatoms. The normalized spacial score (nSPS) is 17.1. The summed E-state index contributed by atoms with van der Waals surface area (Å²) in [4.78, 5) is 15.5. The summed E-state index contributed by atoms with van der Waals surface area (Å²) >= 11 is 0. The standard InChI is InChI=1S/C27H27N3O2.C2H6/c1-28-25-15-21(9-10-23(25)24-17-29-12-5-8-20(29)14-26(24)28)30-13-11-22(16-27(30)31)32-18-19-6-3-2-4-7-19;1-2/h2-4,6-7,9-11,13,15-16,20H,5,8,12,14,17-18H2,1H3;1-2H3. The summed E-state index contributed by atoms with van der Waals surface area (Å²) in [5.74, 6) is 0.589. The second-order valence-corrected chi connectivity index (χ2v) is 9.00. The van der Waals surface area contributed by atoms with E-state index in [2.05, 4.69) is 34.7 Å². The maximum absolute atomic E-state index is 12.9. The molecule has 6 rings (SSSR count). The zero-order chi connectivity index (χ0) is 23.7. The van der Waals surface area contributed by atoms with Crippen molar-refractivity contribution < 1.29 is 4.74 Å². The minimum atomic E-state index is -0.0884. The van der Waals surface area contributed by atoms with Crippen molar-refractivity contribution in [3.63, 3.8) is 0 Å². The Morgan fingerprint density at radius 2 is 1.85 bits per heavy atom. The van der Waals surface area contributed by atoms with Gasteiger partial charge in [-0.1, -0.05) is 50.2 Å². The summed E-state index contributed by atoms with van der Waals surface area (Å²) in [6, 6.07) is 20.5. The van der Waals surface area contributed by atoms with Gasteiger partial charge >= 0.3 is 0 Å². The highest BCUT2D eigenvalue weighted by atomic mass is 16.5. The van der Waals surface area contributed by atoms with Gasteiger partial charge in [-0.05, 0) is 48.7 Å².